The molecule has 0 saturated heterocycles. The molecule has 7 heteroatoms. The van der Waals surface area contributed by atoms with Gasteiger partial charge in [0.1, 0.15) is 12.3 Å². The van der Waals surface area contributed by atoms with Gasteiger partial charge in [-0.1, -0.05) is 51.1 Å². The number of aryl methyl sites for hydroxylation is 1. The number of benzene rings is 2. The highest BCUT2D eigenvalue weighted by Crippen LogP contribution is 2.31. The van der Waals surface area contributed by atoms with Crippen LogP contribution >= 0.6 is 0 Å². The molecule has 0 radical (unpaired) electrons. The summed E-state index contributed by atoms with van der Waals surface area (Å²) in [6.07, 6.45) is 1.08. The third-order valence-corrected chi connectivity index (χ3v) is 6.07. The fourth-order valence-electron chi connectivity index (χ4n) is 3.15. The number of sulfonamides is 1. The number of ether oxygens (including phenoxy) is 1. The monoisotopic (exact) mass is 432 g/mol. The average molecular weight is 433 g/mol. The van der Waals surface area contributed by atoms with Gasteiger partial charge in [-0.15, -0.1) is 0 Å². The number of carbonyl (C=O) groups is 1. The van der Waals surface area contributed by atoms with E-state index in [1.807, 2.05) is 32.0 Å². The van der Waals surface area contributed by atoms with E-state index < -0.39 is 15.9 Å². The standard InChI is InChI=1S/C23H32N2O4S/c1-16-8-13-21(29-6)20(14-16)25(30(7,27)28)15-22(26)24-17(2)18-9-11-19(12-10-18)23(3,4)5/h8-14,17H,15H2,1-7H3,(H,24,26)/t17-/m0/s1. The zero-order chi connectivity index (χ0) is 22.7. The van der Waals surface area contributed by atoms with Crippen molar-refractivity contribution in [1.29, 1.82) is 0 Å². The number of nitrogens with one attached hydrogen (secondary N) is 1. The lowest BCUT2D eigenvalue weighted by atomic mass is 9.86. The number of rotatable bonds is 7. The number of amides is 1. The first-order valence-corrected chi connectivity index (χ1v) is 11.7. The second kappa shape index (κ2) is 9.08. The van der Waals surface area contributed by atoms with Crippen LogP contribution in [0.3, 0.4) is 0 Å². The molecule has 30 heavy (non-hydrogen) atoms. The van der Waals surface area contributed by atoms with Crippen LogP contribution in [0.25, 0.3) is 0 Å². The van der Waals surface area contributed by atoms with Gasteiger partial charge in [-0.3, -0.25) is 9.10 Å². The van der Waals surface area contributed by atoms with Crippen LogP contribution in [0.4, 0.5) is 5.69 Å². The van der Waals surface area contributed by atoms with Crippen LogP contribution in [0.2, 0.25) is 0 Å². The minimum atomic E-state index is -3.69. The summed E-state index contributed by atoms with van der Waals surface area (Å²) in [4.78, 5) is 12.7. The lowest BCUT2D eigenvalue weighted by Crippen LogP contribution is -2.41. The molecule has 1 amide bonds. The van der Waals surface area contributed by atoms with Crippen molar-refractivity contribution in [2.24, 2.45) is 0 Å². The molecular weight excluding hydrogens is 400 g/mol. The number of carbonyl (C=O) groups excluding carboxylic acids is 1. The molecule has 0 aliphatic carbocycles. The summed E-state index contributed by atoms with van der Waals surface area (Å²) in [7, 11) is -2.22. The Hall–Kier alpha value is -2.54. The Morgan fingerprint density at radius 2 is 1.73 bits per heavy atom. The van der Waals surface area contributed by atoms with E-state index in [9.17, 15) is 13.2 Å². The van der Waals surface area contributed by atoms with Crippen LogP contribution in [0.5, 0.6) is 5.75 Å². The predicted octanol–water partition coefficient (Wildman–Crippen LogP) is 3.94. The molecule has 0 unspecified atom stereocenters. The first-order chi connectivity index (χ1) is 13.8. The van der Waals surface area contributed by atoms with Gasteiger partial charge < -0.3 is 10.1 Å². The van der Waals surface area contributed by atoms with E-state index in [2.05, 4.69) is 38.2 Å². The molecule has 0 aromatic heterocycles. The second-order valence-corrected chi connectivity index (χ2v) is 10.5. The van der Waals surface area contributed by atoms with Gasteiger partial charge in [0.05, 0.1) is 25.1 Å². The van der Waals surface area contributed by atoms with Gasteiger partial charge in [0, 0.05) is 0 Å². The molecular formula is C23H32N2O4S. The molecule has 0 aliphatic rings. The zero-order valence-corrected chi connectivity index (χ0v) is 19.6. The topological polar surface area (TPSA) is 75.7 Å². The molecule has 0 bridgehead atoms. The Kier molecular flexibility index (Phi) is 7.18. The Balaban J connectivity index is 2.20. The molecule has 0 fully saturated rings. The molecule has 2 rings (SSSR count). The van der Waals surface area contributed by atoms with Crippen molar-refractivity contribution >= 4 is 21.6 Å². The molecule has 1 N–H and O–H groups in total. The van der Waals surface area contributed by atoms with E-state index in [-0.39, 0.29) is 18.0 Å². The fraction of sp³-hybridized carbons (Fsp3) is 0.435. The minimum Gasteiger partial charge on any atom is -0.495 e. The number of nitrogens with zero attached hydrogens (tertiary/aromatic N) is 1. The third-order valence-electron chi connectivity index (χ3n) is 4.94. The number of methoxy groups -OCH3 is 1. The summed E-state index contributed by atoms with van der Waals surface area (Å²) >= 11 is 0. The number of hydrogen-bond donors (Lipinski definition) is 1. The van der Waals surface area contributed by atoms with Gasteiger partial charge in [-0.05, 0) is 48.1 Å². The van der Waals surface area contributed by atoms with Crippen LogP contribution in [-0.4, -0.2) is 34.2 Å². The van der Waals surface area contributed by atoms with E-state index >= 15 is 0 Å². The molecule has 2 aromatic rings. The first-order valence-electron chi connectivity index (χ1n) is 9.85. The molecule has 1 atom stereocenters. The fourth-order valence-corrected chi connectivity index (χ4v) is 4.00. The van der Waals surface area contributed by atoms with Crippen molar-refractivity contribution in [2.45, 2.75) is 46.1 Å². The predicted molar refractivity (Wildman–Crippen MR) is 122 cm³/mol. The summed E-state index contributed by atoms with van der Waals surface area (Å²) in [5.41, 5.74) is 3.42. The maximum atomic E-state index is 12.7. The highest BCUT2D eigenvalue weighted by atomic mass is 32.2. The zero-order valence-electron chi connectivity index (χ0n) is 18.8. The number of hydrogen-bond acceptors (Lipinski definition) is 4. The SMILES string of the molecule is COc1ccc(C)cc1N(CC(=O)N[C@@H](C)c1ccc(C(C)(C)C)cc1)S(C)(=O)=O. The Bertz CT molecular complexity index is 993. The molecule has 0 spiro atoms. The highest BCUT2D eigenvalue weighted by molar-refractivity contribution is 7.92. The van der Waals surface area contributed by atoms with Gasteiger partial charge in [0.2, 0.25) is 15.9 Å². The molecule has 0 aliphatic heterocycles. The van der Waals surface area contributed by atoms with Gasteiger partial charge in [0.25, 0.3) is 0 Å². The normalized spacial score (nSPS) is 12.9. The summed E-state index contributed by atoms with van der Waals surface area (Å²) in [6, 6.07) is 13.0. The summed E-state index contributed by atoms with van der Waals surface area (Å²) in [6.45, 7) is 9.84. The molecule has 164 valence electrons. The van der Waals surface area contributed by atoms with E-state index in [0.717, 1.165) is 21.7 Å². The van der Waals surface area contributed by atoms with Gasteiger partial charge in [-0.2, -0.15) is 0 Å². The van der Waals surface area contributed by atoms with Crippen molar-refractivity contribution in [3.63, 3.8) is 0 Å². The van der Waals surface area contributed by atoms with Crippen LogP contribution in [0.1, 0.15) is 50.4 Å². The van der Waals surface area contributed by atoms with Gasteiger partial charge in [0.15, 0.2) is 0 Å². The molecule has 0 heterocycles. The maximum absolute atomic E-state index is 12.7. The minimum absolute atomic E-state index is 0.0495. The van der Waals surface area contributed by atoms with Crippen LogP contribution < -0.4 is 14.4 Å². The lowest BCUT2D eigenvalue weighted by molar-refractivity contribution is -0.120. The van der Waals surface area contributed by atoms with Crippen molar-refractivity contribution in [3.8, 4) is 5.75 Å². The quantitative estimate of drug-likeness (QED) is 0.719. The summed E-state index contributed by atoms with van der Waals surface area (Å²) in [5, 5.41) is 2.89. The van der Waals surface area contributed by atoms with E-state index in [1.165, 1.54) is 12.7 Å². The summed E-state index contributed by atoms with van der Waals surface area (Å²) in [5.74, 6) is 0.000949. The maximum Gasteiger partial charge on any atom is 0.241 e. The first kappa shape index (κ1) is 23.7. The Labute approximate surface area is 180 Å². The van der Waals surface area contributed by atoms with E-state index in [1.54, 1.807) is 12.1 Å². The highest BCUT2D eigenvalue weighted by Gasteiger charge is 2.25. The Morgan fingerprint density at radius 1 is 1.13 bits per heavy atom. The van der Waals surface area contributed by atoms with Gasteiger partial charge in [-0.25, -0.2) is 8.42 Å². The molecule has 6 nitrogen and oxygen atoms in total. The van der Waals surface area contributed by atoms with Crippen LogP contribution in [0.15, 0.2) is 42.5 Å². The number of anilines is 1. The van der Waals surface area contributed by atoms with Gasteiger partial charge >= 0.3 is 0 Å². The lowest BCUT2D eigenvalue weighted by Gasteiger charge is -2.25. The molecule has 2 aromatic carbocycles. The van der Waals surface area contributed by atoms with Crippen LogP contribution in [-0.2, 0) is 20.2 Å². The largest absolute Gasteiger partial charge is 0.495 e. The van der Waals surface area contributed by atoms with E-state index in [0.29, 0.717) is 11.4 Å². The van der Waals surface area contributed by atoms with Crippen molar-refractivity contribution in [1.82, 2.24) is 5.32 Å². The summed E-state index contributed by atoms with van der Waals surface area (Å²) < 4.78 is 31.2. The third kappa shape index (κ3) is 5.98. The average Bonchev–Trinajstić information content (AvgIpc) is 2.64. The Morgan fingerprint density at radius 3 is 2.23 bits per heavy atom. The smallest absolute Gasteiger partial charge is 0.241 e. The van der Waals surface area contributed by atoms with Crippen molar-refractivity contribution in [3.05, 3.63) is 59.2 Å². The van der Waals surface area contributed by atoms with Crippen molar-refractivity contribution < 1.29 is 17.9 Å². The second-order valence-electron chi connectivity index (χ2n) is 8.61. The molecule has 0 saturated carbocycles. The van der Waals surface area contributed by atoms with E-state index in [4.69, 9.17) is 4.74 Å². The van der Waals surface area contributed by atoms with Crippen molar-refractivity contribution in [2.75, 3.05) is 24.2 Å². The van der Waals surface area contributed by atoms with Crippen LogP contribution in [0, 0.1) is 6.92 Å².